The van der Waals surface area contributed by atoms with Crippen LogP contribution in [0.1, 0.15) is 5.56 Å². The Labute approximate surface area is 105 Å². The van der Waals surface area contributed by atoms with E-state index in [0.29, 0.717) is 11.6 Å². The van der Waals surface area contributed by atoms with E-state index >= 15 is 0 Å². The lowest BCUT2D eigenvalue weighted by Gasteiger charge is -2.09. The number of halogens is 3. The summed E-state index contributed by atoms with van der Waals surface area (Å²) in [5.74, 6) is 0. The summed E-state index contributed by atoms with van der Waals surface area (Å²) in [7, 11) is 0. The van der Waals surface area contributed by atoms with Crippen LogP contribution in [-0.4, -0.2) is 9.91 Å². The number of non-ortho nitro benzene ring substituents is 1. The molecule has 4 nitrogen and oxygen atoms in total. The SMILES string of the molecule is O=[N+]([O-])c1cc(-c2ccncc2)cc(C(F)(F)F)c1. The monoisotopic (exact) mass is 268 g/mol. The molecule has 19 heavy (non-hydrogen) atoms. The van der Waals surface area contributed by atoms with Crippen LogP contribution in [0.25, 0.3) is 11.1 Å². The van der Waals surface area contributed by atoms with E-state index < -0.39 is 22.4 Å². The summed E-state index contributed by atoms with van der Waals surface area (Å²) < 4.78 is 38.1. The van der Waals surface area contributed by atoms with Gasteiger partial charge in [-0.3, -0.25) is 15.1 Å². The second-order valence-electron chi connectivity index (χ2n) is 3.76. The lowest BCUT2D eigenvalue weighted by Crippen LogP contribution is -2.06. The van der Waals surface area contributed by atoms with E-state index in [1.165, 1.54) is 24.5 Å². The number of hydrogen-bond acceptors (Lipinski definition) is 3. The number of aromatic nitrogens is 1. The number of rotatable bonds is 2. The van der Waals surface area contributed by atoms with Crippen molar-refractivity contribution in [3.8, 4) is 11.1 Å². The first-order chi connectivity index (χ1) is 8.88. The molecule has 7 heteroatoms. The molecule has 0 aliphatic rings. The van der Waals surface area contributed by atoms with E-state index in [-0.39, 0.29) is 5.56 Å². The maximum Gasteiger partial charge on any atom is 0.416 e. The highest BCUT2D eigenvalue weighted by Gasteiger charge is 2.32. The topological polar surface area (TPSA) is 56.0 Å². The van der Waals surface area contributed by atoms with Crippen LogP contribution in [0.4, 0.5) is 18.9 Å². The van der Waals surface area contributed by atoms with Gasteiger partial charge in [0.25, 0.3) is 5.69 Å². The predicted molar refractivity (Wildman–Crippen MR) is 61.3 cm³/mol. The van der Waals surface area contributed by atoms with E-state index in [4.69, 9.17) is 0 Å². The molecule has 0 bridgehead atoms. The van der Waals surface area contributed by atoms with E-state index in [1.54, 1.807) is 0 Å². The number of nitrogens with zero attached hydrogens (tertiary/aromatic N) is 2. The molecule has 0 aliphatic carbocycles. The Morgan fingerprint density at radius 3 is 2.21 bits per heavy atom. The smallest absolute Gasteiger partial charge is 0.265 e. The molecule has 2 rings (SSSR count). The Hall–Kier alpha value is -2.44. The van der Waals surface area contributed by atoms with Gasteiger partial charge in [0, 0.05) is 24.5 Å². The molecular weight excluding hydrogens is 261 g/mol. The average Bonchev–Trinajstić information content (AvgIpc) is 2.38. The molecular formula is C12H7F3N2O2. The van der Waals surface area contributed by atoms with Gasteiger partial charge in [0.2, 0.25) is 0 Å². The predicted octanol–water partition coefficient (Wildman–Crippen LogP) is 3.68. The minimum Gasteiger partial charge on any atom is -0.265 e. The van der Waals surface area contributed by atoms with E-state index in [2.05, 4.69) is 4.98 Å². The van der Waals surface area contributed by atoms with Crippen molar-refractivity contribution in [2.75, 3.05) is 0 Å². The van der Waals surface area contributed by atoms with E-state index in [1.807, 2.05) is 0 Å². The second-order valence-corrected chi connectivity index (χ2v) is 3.76. The quantitative estimate of drug-likeness (QED) is 0.616. The Kier molecular flexibility index (Phi) is 3.20. The van der Waals surface area contributed by atoms with Crippen molar-refractivity contribution >= 4 is 5.69 Å². The first-order valence-corrected chi connectivity index (χ1v) is 5.15. The summed E-state index contributed by atoms with van der Waals surface area (Å²) in [6.45, 7) is 0. The van der Waals surface area contributed by atoms with Gasteiger partial charge >= 0.3 is 6.18 Å². The molecule has 0 saturated heterocycles. The molecule has 0 atom stereocenters. The minimum atomic E-state index is -4.63. The molecule has 0 unspecified atom stereocenters. The van der Waals surface area contributed by atoms with Crippen LogP contribution in [0.3, 0.4) is 0 Å². The molecule has 1 heterocycles. The van der Waals surface area contributed by atoms with Crippen LogP contribution >= 0.6 is 0 Å². The molecule has 0 amide bonds. The van der Waals surface area contributed by atoms with E-state index in [0.717, 1.165) is 12.1 Å². The third-order valence-electron chi connectivity index (χ3n) is 2.47. The first-order valence-electron chi connectivity index (χ1n) is 5.15. The van der Waals surface area contributed by atoms with Gasteiger partial charge in [-0.15, -0.1) is 0 Å². The maximum absolute atomic E-state index is 12.7. The van der Waals surface area contributed by atoms with Crippen molar-refractivity contribution < 1.29 is 18.1 Å². The van der Waals surface area contributed by atoms with Crippen LogP contribution in [0, 0.1) is 10.1 Å². The highest BCUT2D eigenvalue weighted by atomic mass is 19.4. The molecule has 0 N–H and O–H groups in total. The zero-order valence-corrected chi connectivity index (χ0v) is 9.39. The largest absolute Gasteiger partial charge is 0.416 e. The van der Waals surface area contributed by atoms with Gasteiger partial charge in [0.15, 0.2) is 0 Å². The summed E-state index contributed by atoms with van der Waals surface area (Å²) in [5, 5.41) is 10.7. The fourth-order valence-electron chi connectivity index (χ4n) is 1.59. The van der Waals surface area contributed by atoms with E-state index in [9.17, 15) is 23.3 Å². The molecule has 98 valence electrons. The van der Waals surface area contributed by atoms with Crippen molar-refractivity contribution in [3.63, 3.8) is 0 Å². The fourth-order valence-corrected chi connectivity index (χ4v) is 1.59. The maximum atomic E-state index is 12.7. The zero-order chi connectivity index (χ0) is 14.0. The molecule has 2 aromatic rings. The number of alkyl halides is 3. The standard InChI is InChI=1S/C12H7F3N2O2/c13-12(14,15)10-5-9(6-11(7-10)17(18)19)8-1-3-16-4-2-8/h1-7H. The molecule has 1 aromatic heterocycles. The van der Waals surface area contributed by atoms with Gasteiger partial charge in [-0.1, -0.05) is 0 Å². The van der Waals surface area contributed by atoms with Gasteiger partial charge in [-0.2, -0.15) is 13.2 Å². The van der Waals surface area contributed by atoms with Crippen molar-refractivity contribution in [3.05, 3.63) is 58.4 Å². The summed E-state index contributed by atoms with van der Waals surface area (Å²) in [6, 6.07) is 5.47. The summed E-state index contributed by atoms with van der Waals surface area (Å²) in [5.41, 5.74) is -1.08. The van der Waals surface area contributed by atoms with Crippen molar-refractivity contribution in [1.29, 1.82) is 0 Å². The Morgan fingerprint density at radius 2 is 1.68 bits per heavy atom. The van der Waals surface area contributed by atoms with Crippen LogP contribution in [0.5, 0.6) is 0 Å². The zero-order valence-electron chi connectivity index (χ0n) is 9.39. The number of pyridine rings is 1. The lowest BCUT2D eigenvalue weighted by atomic mass is 10.0. The van der Waals surface area contributed by atoms with Gasteiger partial charge in [-0.25, -0.2) is 0 Å². The van der Waals surface area contributed by atoms with Crippen LogP contribution in [0.2, 0.25) is 0 Å². The number of hydrogen-bond donors (Lipinski definition) is 0. The van der Waals surface area contributed by atoms with Crippen LogP contribution in [0.15, 0.2) is 42.7 Å². The average molecular weight is 268 g/mol. The van der Waals surface area contributed by atoms with Crippen LogP contribution < -0.4 is 0 Å². The Morgan fingerprint density at radius 1 is 1.05 bits per heavy atom. The second kappa shape index (κ2) is 4.68. The molecule has 1 aromatic carbocycles. The number of benzene rings is 1. The van der Waals surface area contributed by atoms with Crippen molar-refractivity contribution in [2.24, 2.45) is 0 Å². The fraction of sp³-hybridized carbons (Fsp3) is 0.0833. The van der Waals surface area contributed by atoms with Gasteiger partial charge in [0.05, 0.1) is 10.5 Å². The third kappa shape index (κ3) is 2.87. The highest BCUT2D eigenvalue weighted by molar-refractivity contribution is 5.67. The highest BCUT2D eigenvalue weighted by Crippen LogP contribution is 2.35. The van der Waals surface area contributed by atoms with Crippen molar-refractivity contribution in [1.82, 2.24) is 4.98 Å². The summed E-state index contributed by atoms with van der Waals surface area (Å²) >= 11 is 0. The van der Waals surface area contributed by atoms with Gasteiger partial charge in [0.1, 0.15) is 0 Å². The molecule has 0 aliphatic heterocycles. The number of nitro benzene ring substituents is 1. The van der Waals surface area contributed by atoms with Crippen LogP contribution in [-0.2, 0) is 6.18 Å². The number of nitro groups is 1. The van der Waals surface area contributed by atoms with Crippen molar-refractivity contribution in [2.45, 2.75) is 6.18 Å². The van der Waals surface area contributed by atoms with Gasteiger partial charge in [-0.05, 0) is 29.3 Å². The molecule has 0 fully saturated rings. The molecule has 0 radical (unpaired) electrons. The van der Waals surface area contributed by atoms with Gasteiger partial charge < -0.3 is 0 Å². The first kappa shape index (κ1) is 13.0. The summed E-state index contributed by atoms with van der Waals surface area (Å²) in [4.78, 5) is 13.6. The summed E-state index contributed by atoms with van der Waals surface area (Å²) in [6.07, 6.45) is -1.82. The molecule has 0 saturated carbocycles. The Bertz CT molecular complexity index is 612. The minimum absolute atomic E-state index is 0.129. The normalized spacial score (nSPS) is 11.3. The molecule has 0 spiro atoms. The lowest BCUT2D eigenvalue weighted by molar-refractivity contribution is -0.385. The Balaban J connectivity index is 2.62. The third-order valence-corrected chi connectivity index (χ3v) is 2.47.